The minimum Gasteiger partial charge on any atom is -0.370 e. The highest BCUT2D eigenvalue weighted by Gasteiger charge is 2.31. The molecule has 3 N–H and O–H groups in total. The van der Waals surface area contributed by atoms with Crippen molar-refractivity contribution in [2.45, 2.75) is 32.5 Å². The summed E-state index contributed by atoms with van der Waals surface area (Å²) >= 11 is 0. The highest BCUT2D eigenvalue weighted by Crippen LogP contribution is 2.20. The van der Waals surface area contributed by atoms with Crippen molar-refractivity contribution in [2.75, 3.05) is 32.7 Å². The van der Waals surface area contributed by atoms with Gasteiger partial charge in [0.25, 0.3) is 0 Å². The lowest BCUT2D eigenvalue weighted by Crippen LogP contribution is -2.54. The van der Waals surface area contributed by atoms with Crippen LogP contribution in [0.25, 0.3) is 0 Å². The second-order valence-electron chi connectivity index (χ2n) is 5.00. The standard InChI is InChI=1S/C11H23N3O2/c1-9-6-14(8-11(2,3)16-9)7-10(15)13-5-4-12/h9H,4-8,12H2,1-3H3,(H,13,15). The lowest BCUT2D eigenvalue weighted by Gasteiger charge is -2.41. The molecule has 1 unspecified atom stereocenters. The van der Waals surface area contributed by atoms with Crippen LogP contribution < -0.4 is 11.1 Å². The van der Waals surface area contributed by atoms with Crippen molar-refractivity contribution in [3.63, 3.8) is 0 Å². The van der Waals surface area contributed by atoms with E-state index in [1.54, 1.807) is 0 Å². The molecule has 0 spiro atoms. The van der Waals surface area contributed by atoms with Crippen molar-refractivity contribution in [1.82, 2.24) is 10.2 Å². The van der Waals surface area contributed by atoms with Crippen molar-refractivity contribution in [1.29, 1.82) is 0 Å². The lowest BCUT2D eigenvalue weighted by molar-refractivity contribution is -0.139. The van der Waals surface area contributed by atoms with Crippen LogP contribution in [0, 0.1) is 0 Å². The van der Waals surface area contributed by atoms with Crippen LogP contribution >= 0.6 is 0 Å². The fourth-order valence-corrected chi connectivity index (χ4v) is 2.18. The van der Waals surface area contributed by atoms with E-state index in [9.17, 15) is 4.79 Å². The van der Waals surface area contributed by atoms with Crippen LogP contribution in [0.3, 0.4) is 0 Å². The van der Waals surface area contributed by atoms with Gasteiger partial charge in [0, 0.05) is 26.2 Å². The molecule has 1 saturated heterocycles. The van der Waals surface area contributed by atoms with Crippen LogP contribution in [0.15, 0.2) is 0 Å². The number of nitrogens with one attached hydrogen (secondary N) is 1. The van der Waals surface area contributed by atoms with E-state index in [1.165, 1.54) is 0 Å². The number of ether oxygens (including phenoxy) is 1. The molecular formula is C11H23N3O2. The molecule has 1 rings (SSSR count). The number of amides is 1. The Bertz CT molecular complexity index is 243. The van der Waals surface area contributed by atoms with Crippen molar-refractivity contribution in [3.8, 4) is 0 Å². The Morgan fingerprint density at radius 1 is 1.62 bits per heavy atom. The lowest BCUT2D eigenvalue weighted by atomic mass is 10.1. The summed E-state index contributed by atoms with van der Waals surface area (Å²) in [4.78, 5) is 13.7. The average molecular weight is 229 g/mol. The number of nitrogens with two attached hydrogens (primary N) is 1. The summed E-state index contributed by atoms with van der Waals surface area (Å²) in [6.45, 7) is 9.18. The van der Waals surface area contributed by atoms with E-state index >= 15 is 0 Å². The van der Waals surface area contributed by atoms with Gasteiger partial charge in [0.15, 0.2) is 0 Å². The number of rotatable bonds is 4. The summed E-state index contributed by atoms with van der Waals surface area (Å²) in [5.74, 6) is 0.0374. The Kier molecular flexibility index (Phi) is 4.70. The van der Waals surface area contributed by atoms with Gasteiger partial charge in [0.05, 0.1) is 18.2 Å². The normalized spacial score (nSPS) is 25.4. The van der Waals surface area contributed by atoms with Crippen molar-refractivity contribution < 1.29 is 9.53 Å². The zero-order chi connectivity index (χ0) is 12.2. The summed E-state index contributed by atoms with van der Waals surface area (Å²) in [6, 6.07) is 0. The van der Waals surface area contributed by atoms with Crippen molar-refractivity contribution in [2.24, 2.45) is 5.73 Å². The van der Waals surface area contributed by atoms with Crippen LogP contribution in [0.4, 0.5) is 0 Å². The molecule has 1 aliphatic rings. The smallest absolute Gasteiger partial charge is 0.234 e. The van der Waals surface area contributed by atoms with Gasteiger partial charge < -0.3 is 15.8 Å². The molecular weight excluding hydrogens is 206 g/mol. The first-order valence-corrected chi connectivity index (χ1v) is 5.80. The Labute approximate surface area is 97.3 Å². The van der Waals surface area contributed by atoms with Gasteiger partial charge in [-0.15, -0.1) is 0 Å². The van der Waals surface area contributed by atoms with Crippen LogP contribution in [0.1, 0.15) is 20.8 Å². The molecule has 0 aliphatic carbocycles. The molecule has 0 saturated carbocycles. The van der Waals surface area contributed by atoms with Crippen molar-refractivity contribution in [3.05, 3.63) is 0 Å². The summed E-state index contributed by atoms with van der Waals surface area (Å²) in [6.07, 6.45) is 0.172. The Morgan fingerprint density at radius 2 is 2.31 bits per heavy atom. The Morgan fingerprint density at radius 3 is 2.88 bits per heavy atom. The number of hydrogen-bond donors (Lipinski definition) is 2. The van der Waals surface area contributed by atoms with E-state index in [1.807, 2.05) is 20.8 Å². The molecule has 94 valence electrons. The number of carbonyl (C=O) groups excluding carboxylic acids is 1. The van der Waals surface area contributed by atoms with Crippen molar-refractivity contribution >= 4 is 5.91 Å². The monoisotopic (exact) mass is 229 g/mol. The van der Waals surface area contributed by atoms with Gasteiger partial charge in [-0.1, -0.05) is 0 Å². The fourth-order valence-electron chi connectivity index (χ4n) is 2.18. The predicted octanol–water partition coefficient (Wildman–Crippen LogP) is -0.439. The first-order chi connectivity index (χ1) is 7.43. The maximum atomic E-state index is 11.5. The minimum absolute atomic E-state index is 0.0374. The third-order valence-electron chi connectivity index (χ3n) is 2.47. The Hall–Kier alpha value is -0.650. The Balaban J connectivity index is 2.39. The second-order valence-corrected chi connectivity index (χ2v) is 5.00. The SMILES string of the molecule is CC1CN(CC(=O)NCCN)CC(C)(C)O1. The molecule has 0 aromatic rings. The maximum absolute atomic E-state index is 11.5. The second kappa shape index (κ2) is 5.61. The third kappa shape index (κ3) is 4.47. The minimum atomic E-state index is -0.175. The van der Waals surface area contributed by atoms with E-state index < -0.39 is 0 Å². The molecule has 16 heavy (non-hydrogen) atoms. The van der Waals surface area contributed by atoms with Gasteiger partial charge in [0.1, 0.15) is 0 Å². The summed E-state index contributed by atoms with van der Waals surface area (Å²) in [7, 11) is 0. The molecule has 1 heterocycles. The van der Waals surface area contributed by atoms with Gasteiger partial charge in [-0.2, -0.15) is 0 Å². The first-order valence-electron chi connectivity index (χ1n) is 5.80. The highest BCUT2D eigenvalue weighted by atomic mass is 16.5. The van der Waals surface area contributed by atoms with Gasteiger partial charge in [-0.3, -0.25) is 9.69 Å². The quantitative estimate of drug-likeness (QED) is 0.686. The fraction of sp³-hybridized carbons (Fsp3) is 0.909. The summed E-state index contributed by atoms with van der Waals surface area (Å²) in [5, 5.41) is 2.78. The third-order valence-corrected chi connectivity index (χ3v) is 2.47. The molecule has 5 heteroatoms. The zero-order valence-corrected chi connectivity index (χ0v) is 10.5. The molecule has 0 bridgehead atoms. The van der Waals surface area contributed by atoms with Crippen LogP contribution in [0.2, 0.25) is 0 Å². The van der Waals surface area contributed by atoms with Crippen LogP contribution in [0.5, 0.6) is 0 Å². The van der Waals surface area contributed by atoms with Gasteiger partial charge in [0.2, 0.25) is 5.91 Å². The molecule has 1 amide bonds. The number of nitrogens with zero attached hydrogens (tertiary/aromatic N) is 1. The van der Waals surface area contributed by atoms with E-state index in [4.69, 9.17) is 10.5 Å². The predicted molar refractivity (Wildman–Crippen MR) is 63.1 cm³/mol. The maximum Gasteiger partial charge on any atom is 0.234 e. The number of hydrogen-bond acceptors (Lipinski definition) is 4. The van der Waals surface area contributed by atoms with E-state index in [0.29, 0.717) is 19.6 Å². The van der Waals surface area contributed by atoms with Gasteiger partial charge in [-0.25, -0.2) is 0 Å². The molecule has 5 nitrogen and oxygen atoms in total. The topological polar surface area (TPSA) is 67.6 Å². The molecule has 0 radical (unpaired) electrons. The van der Waals surface area contributed by atoms with Crippen LogP contribution in [-0.4, -0.2) is 55.2 Å². The molecule has 0 aromatic carbocycles. The van der Waals surface area contributed by atoms with E-state index in [2.05, 4.69) is 10.2 Å². The first kappa shape index (κ1) is 13.4. The zero-order valence-electron chi connectivity index (χ0n) is 10.5. The van der Waals surface area contributed by atoms with Gasteiger partial charge >= 0.3 is 0 Å². The molecule has 1 fully saturated rings. The summed E-state index contributed by atoms with van der Waals surface area (Å²) < 4.78 is 5.77. The van der Waals surface area contributed by atoms with E-state index in [0.717, 1.165) is 13.1 Å². The van der Waals surface area contributed by atoms with Gasteiger partial charge in [-0.05, 0) is 20.8 Å². The molecule has 1 atom stereocenters. The van der Waals surface area contributed by atoms with Crippen LogP contribution in [-0.2, 0) is 9.53 Å². The molecule has 0 aromatic heterocycles. The molecule has 1 aliphatic heterocycles. The summed E-state index contributed by atoms with van der Waals surface area (Å²) in [5.41, 5.74) is 5.15. The highest BCUT2D eigenvalue weighted by molar-refractivity contribution is 5.78. The average Bonchev–Trinajstić information content (AvgIpc) is 2.11. The van der Waals surface area contributed by atoms with E-state index in [-0.39, 0.29) is 17.6 Å². The number of carbonyl (C=O) groups is 1. The largest absolute Gasteiger partial charge is 0.370 e. The number of morpholine rings is 1.